The molecule has 4 rings (SSSR count). The summed E-state index contributed by atoms with van der Waals surface area (Å²) in [5.74, 6) is 0.359. The number of urea groups is 1. The van der Waals surface area contributed by atoms with Gasteiger partial charge in [-0.05, 0) is 36.6 Å². The van der Waals surface area contributed by atoms with Gasteiger partial charge in [-0.25, -0.2) is 9.59 Å². The van der Waals surface area contributed by atoms with Crippen molar-refractivity contribution < 1.29 is 42.8 Å². The second-order valence-electron chi connectivity index (χ2n) is 9.75. The van der Waals surface area contributed by atoms with Crippen molar-refractivity contribution >= 4 is 17.8 Å². The number of hydrogen-bond donors (Lipinski definition) is 2. The molecule has 2 amide bonds. The van der Waals surface area contributed by atoms with E-state index in [4.69, 9.17) is 28.4 Å². The van der Waals surface area contributed by atoms with Crippen LogP contribution in [0.2, 0.25) is 0 Å². The number of nitrogens with one attached hydrogen (secondary N) is 2. The summed E-state index contributed by atoms with van der Waals surface area (Å²) in [6.45, 7) is 2.31. The minimum atomic E-state index is -0.966. The van der Waals surface area contributed by atoms with Crippen molar-refractivity contribution in [1.82, 2.24) is 10.6 Å². The topological polar surface area (TPSA) is 131 Å². The van der Waals surface area contributed by atoms with Crippen LogP contribution < -0.4 is 39.1 Å². The second kappa shape index (κ2) is 14.3. The molecule has 0 aromatic heterocycles. The highest BCUT2D eigenvalue weighted by molar-refractivity contribution is 6.05. The lowest BCUT2D eigenvalue weighted by Crippen LogP contribution is -2.48. The number of esters is 1. The average Bonchev–Trinajstić information content (AvgIpc) is 3.01. The summed E-state index contributed by atoms with van der Waals surface area (Å²) in [6, 6.07) is 14.6. The van der Waals surface area contributed by atoms with Crippen LogP contribution in [0.5, 0.6) is 34.5 Å². The molecule has 2 atom stereocenters. The molecule has 43 heavy (non-hydrogen) atoms. The quantitative estimate of drug-likeness (QED) is 0.237. The predicted octanol–water partition coefficient (Wildman–Crippen LogP) is 3.99. The van der Waals surface area contributed by atoms with Crippen molar-refractivity contribution in [3.05, 3.63) is 71.3 Å². The van der Waals surface area contributed by atoms with Crippen LogP contribution in [0.15, 0.2) is 54.6 Å². The summed E-state index contributed by atoms with van der Waals surface area (Å²) >= 11 is 0. The summed E-state index contributed by atoms with van der Waals surface area (Å²) in [7, 11) is 5.87. The summed E-state index contributed by atoms with van der Waals surface area (Å²) in [6.07, 6.45) is 0.511. The van der Waals surface area contributed by atoms with Gasteiger partial charge >= 0.3 is 12.0 Å². The molecule has 0 fully saturated rings. The number of ether oxygens (including phenoxy) is 6. The summed E-state index contributed by atoms with van der Waals surface area (Å²) in [5, 5.41) is 5.33. The van der Waals surface area contributed by atoms with Gasteiger partial charge in [-0.2, -0.15) is 0 Å². The molecule has 228 valence electrons. The first kappa shape index (κ1) is 31.0. The minimum absolute atomic E-state index is 0.126. The Bertz CT molecular complexity index is 1460. The fraction of sp³-hybridized carbons (Fsp3) is 0.344. The molecule has 0 bridgehead atoms. The van der Waals surface area contributed by atoms with E-state index >= 15 is 0 Å². The highest BCUT2D eigenvalue weighted by Crippen LogP contribution is 2.47. The SMILES string of the molecule is CCNC(=O)NC(Cc1ccccc1)C(=O)Oc1cc(CC2COc3cc(OC)c(OC)c(OC)c3C2=O)ccc1OC. The number of rotatable bonds is 12. The van der Waals surface area contributed by atoms with E-state index in [1.54, 1.807) is 31.2 Å². The standard InChI is InChI=1S/C32H36N2O9/c1-6-33-32(37)34-22(15-19-10-8-7-9-11-19)31(36)43-24-16-20(12-13-23(24)38-2)14-21-18-42-25-17-26(39-3)29(40-4)30(41-5)27(25)28(21)35/h7-13,16-17,21-22H,6,14-15,18H2,1-5H3,(H2,33,34,37). The highest BCUT2D eigenvalue weighted by Gasteiger charge is 2.35. The maximum absolute atomic E-state index is 13.7. The average molecular weight is 593 g/mol. The van der Waals surface area contributed by atoms with E-state index in [-0.39, 0.29) is 42.3 Å². The van der Waals surface area contributed by atoms with Crippen LogP contribution in [0.25, 0.3) is 0 Å². The summed E-state index contributed by atoms with van der Waals surface area (Å²) in [5.41, 5.74) is 1.84. The molecule has 2 N–H and O–H groups in total. The smallest absolute Gasteiger partial charge is 0.334 e. The Labute approximate surface area is 250 Å². The molecule has 1 aliphatic heterocycles. The highest BCUT2D eigenvalue weighted by atomic mass is 16.6. The Morgan fingerprint density at radius 1 is 0.884 bits per heavy atom. The zero-order valence-corrected chi connectivity index (χ0v) is 24.9. The Morgan fingerprint density at radius 3 is 2.26 bits per heavy atom. The van der Waals surface area contributed by atoms with E-state index in [0.717, 1.165) is 5.56 Å². The summed E-state index contributed by atoms with van der Waals surface area (Å²) in [4.78, 5) is 39.3. The van der Waals surface area contributed by atoms with Gasteiger partial charge in [0.15, 0.2) is 28.8 Å². The van der Waals surface area contributed by atoms with Crippen molar-refractivity contribution in [1.29, 1.82) is 0 Å². The Balaban J connectivity index is 1.57. The molecule has 0 aliphatic carbocycles. The van der Waals surface area contributed by atoms with E-state index < -0.39 is 24.0 Å². The second-order valence-corrected chi connectivity index (χ2v) is 9.75. The van der Waals surface area contributed by atoms with Crippen molar-refractivity contribution in [3.63, 3.8) is 0 Å². The maximum atomic E-state index is 13.7. The number of benzene rings is 3. The molecular weight excluding hydrogens is 556 g/mol. The first-order valence-electron chi connectivity index (χ1n) is 13.8. The Kier molecular flexibility index (Phi) is 10.3. The largest absolute Gasteiger partial charge is 0.493 e. The lowest BCUT2D eigenvalue weighted by atomic mass is 9.88. The molecule has 1 aliphatic rings. The van der Waals surface area contributed by atoms with Crippen molar-refractivity contribution in [2.75, 3.05) is 41.6 Å². The van der Waals surface area contributed by atoms with Crippen LogP contribution >= 0.6 is 0 Å². The van der Waals surface area contributed by atoms with Crippen molar-refractivity contribution in [3.8, 4) is 34.5 Å². The van der Waals surface area contributed by atoms with Crippen molar-refractivity contribution in [2.24, 2.45) is 5.92 Å². The number of amides is 2. The molecule has 3 aromatic carbocycles. The van der Waals surface area contributed by atoms with Crippen LogP contribution in [-0.2, 0) is 17.6 Å². The molecule has 11 nitrogen and oxygen atoms in total. The van der Waals surface area contributed by atoms with E-state index in [1.165, 1.54) is 28.4 Å². The van der Waals surface area contributed by atoms with Gasteiger partial charge in [0, 0.05) is 19.0 Å². The van der Waals surface area contributed by atoms with Gasteiger partial charge in [0.05, 0.1) is 41.0 Å². The molecule has 0 saturated carbocycles. The van der Waals surface area contributed by atoms with Crippen LogP contribution in [-0.4, -0.2) is 65.4 Å². The first-order valence-corrected chi connectivity index (χ1v) is 13.8. The number of carbonyl (C=O) groups is 3. The van der Waals surface area contributed by atoms with Gasteiger partial charge in [0.2, 0.25) is 5.75 Å². The molecule has 1 heterocycles. The zero-order valence-electron chi connectivity index (χ0n) is 24.9. The normalized spacial score (nSPS) is 14.4. The van der Waals surface area contributed by atoms with Gasteiger partial charge in [-0.3, -0.25) is 4.79 Å². The fourth-order valence-corrected chi connectivity index (χ4v) is 4.91. The van der Waals surface area contributed by atoms with Crippen LogP contribution in [0.4, 0.5) is 4.79 Å². The minimum Gasteiger partial charge on any atom is -0.493 e. The molecule has 0 radical (unpaired) electrons. The van der Waals surface area contributed by atoms with E-state index in [2.05, 4.69) is 10.6 Å². The summed E-state index contributed by atoms with van der Waals surface area (Å²) < 4.78 is 33.5. The Morgan fingerprint density at radius 2 is 1.60 bits per heavy atom. The first-order chi connectivity index (χ1) is 20.8. The van der Waals surface area contributed by atoms with Crippen LogP contribution in [0.3, 0.4) is 0 Å². The number of hydrogen-bond acceptors (Lipinski definition) is 9. The third kappa shape index (κ3) is 7.11. The van der Waals surface area contributed by atoms with Gasteiger partial charge in [0.1, 0.15) is 17.4 Å². The number of fused-ring (bicyclic) bond motifs is 1. The van der Waals surface area contributed by atoms with Crippen LogP contribution in [0.1, 0.15) is 28.4 Å². The Hall–Kier alpha value is -4.93. The van der Waals surface area contributed by atoms with Gasteiger partial charge in [-0.15, -0.1) is 0 Å². The lowest BCUT2D eigenvalue weighted by molar-refractivity contribution is -0.136. The van der Waals surface area contributed by atoms with Crippen molar-refractivity contribution in [2.45, 2.75) is 25.8 Å². The number of carbonyl (C=O) groups excluding carboxylic acids is 3. The number of methoxy groups -OCH3 is 4. The lowest BCUT2D eigenvalue weighted by Gasteiger charge is -2.27. The molecule has 0 spiro atoms. The third-order valence-corrected chi connectivity index (χ3v) is 6.98. The number of ketones is 1. The monoisotopic (exact) mass is 592 g/mol. The fourth-order valence-electron chi connectivity index (χ4n) is 4.91. The third-order valence-electron chi connectivity index (χ3n) is 6.98. The van der Waals surface area contributed by atoms with Gasteiger partial charge < -0.3 is 39.1 Å². The van der Waals surface area contributed by atoms with E-state index in [9.17, 15) is 14.4 Å². The molecular formula is C32H36N2O9. The van der Waals surface area contributed by atoms with E-state index in [1.807, 2.05) is 30.3 Å². The van der Waals surface area contributed by atoms with Gasteiger partial charge in [0.25, 0.3) is 0 Å². The van der Waals surface area contributed by atoms with E-state index in [0.29, 0.717) is 35.1 Å². The van der Waals surface area contributed by atoms with Crippen LogP contribution in [0, 0.1) is 5.92 Å². The molecule has 2 unspecified atom stereocenters. The molecule has 11 heteroatoms. The molecule has 3 aromatic rings. The number of Topliss-reactive ketones (excluding diaryl/α,β-unsaturated/α-hetero) is 1. The maximum Gasteiger partial charge on any atom is 0.334 e. The zero-order chi connectivity index (χ0) is 30.9. The molecule has 0 saturated heterocycles. The van der Waals surface area contributed by atoms with Gasteiger partial charge in [-0.1, -0.05) is 36.4 Å². The predicted molar refractivity (Wildman–Crippen MR) is 158 cm³/mol.